The Balaban J connectivity index is 0. The van der Waals surface area contributed by atoms with Crippen LogP contribution >= 0.6 is 8.60 Å². The summed E-state index contributed by atoms with van der Waals surface area (Å²) in [5, 5.41) is 7.10. The molecule has 6 heteroatoms. The van der Waals surface area contributed by atoms with E-state index >= 15 is 0 Å². The summed E-state index contributed by atoms with van der Waals surface area (Å²) in [5.74, 6) is 1.25. The molecule has 0 spiro atoms. The third-order valence-corrected chi connectivity index (χ3v) is 0.734. The highest BCUT2D eigenvalue weighted by Crippen LogP contribution is 2.22. The van der Waals surface area contributed by atoms with E-state index in [1.54, 1.807) is 6.92 Å². The molecule has 0 rings (SSSR count). The lowest BCUT2D eigenvalue weighted by Gasteiger charge is -1.95. The van der Waals surface area contributed by atoms with Crippen molar-refractivity contribution in [2.24, 2.45) is 0 Å². The van der Waals surface area contributed by atoms with Gasteiger partial charge >= 0.3 is 8.60 Å². The minimum atomic E-state index is -2.10. The van der Waals surface area contributed by atoms with Crippen LogP contribution in [0.25, 0.3) is 0 Å². The van der Waals surface area contributed by atoms with Gasteiger partial charge in [-0.05, 0) is 12.9 Å². The molecule has 9 heavy (non-hydrogen) atoms. The first-order chi connectivity index (χ1) is 4.18. The third-order valence-electron chi connectivity index (χ3n) is 0.245. The fraction of sp³-hybridized carbons (Fsp3) is 0.667. The maximum Gasteiger partial charge on any atom is 0.327 e. The topological polar surface area (TPSA) is 73.5 Å². The second kappa shape index (κ2) is 10.8. The summed E-state index contributed by atoms with van der Waals surface area (Å²) >= 11 is 0. The Morgan fingerprint density at radius 1 is 1.78 bits per heavy atom. The first-order valence-electron chi connectivity index (χ1n) is 2.09. The van der Waals surface area contributed by atoms with Crippen molar-refractivity contribution in [1.82, 2.24) is 0 Å². The number of rotatable bonds is 2. The molecule has 50 valence electrons. The average Bonchev–Trinajstić information content (AvgIpc) is 1.67. The lowest BCUT2D eigenvalue weighted by molar-refractivity contribution is 0.269. The number of hydrogen-bond donors (Lipinski definition) is 2. The van der Waals surface area contributed by atoms with E-state index in [0.717, 1.165) is 0 Å². The Kier molecular flexibility index (Phi) is 13.9. The predicted molar refractivity (Wildman–Crippen MR) is 34.4 cm³/mol. The molecule has 0 aromatic carbocycles. The van der Waals surface area contributed by atoms with Crippen molar-refractivity contribution in [2.45, 2.75) is 6.92 Å². The third kappa shape index (κ3) is 33.0. The van der Waals surface area contributed by atoms with Crippen molar-refractivity contribution in [3.8, 4) is 5.97 Å². The Hall–Kier alpha value is -0.135. The van der Waals surface area contributed by atoms with Gasteiger partial charge in [-0.15, -0.1) is 0 Å². The predicted octanol–water partition coefficient (Wildman–Crippen LogP) is -0.130. The molecule has 0 bridgehead atoms. The zero-order valence-corrected chi connectivity index (χ0v) is 5.88. The SMILES string of the molecule is CCOP(O)O.[B]C#N. The van der Waals surface area contributed by atoms with E-state index in [4.69, 9.17) is 15.0 Å². The molecule has 0 aliphatic carbocycles. The monoisotopic (exact) mass is 147 g/mol. The first-order valence-corrected chi connectivity index (χ1v) is 3.26. The maximum atomic E-state index is 7.95. The second-order valence-corrected chi connectivity index (χ2v) is 1.56. The van der Waals surface area contributed by atoms with Crippen molar-refractivity contribution >= 4 is 16.4 Å². The van der Waals surface area contributed by atoms with Crippen LogP contribution in [-0.4, -0.2) is 24.2 Å². The van der Waals surface area contributed by atoms with E-state index in [2.05, 4.69) is 12.4 Å². The van der Waals surface area contributed by atoms with Gasteiger partial charge in [0.1, 0.15) is 0 Å². The Morgan fingerprint density at radius 3 is 2.11 bits per heavy atom. The van der Waals surface area contributed by atoms with Gasteiger partial charge in [-0.1, -0.05) is 0 Å². The summed E-state index contributed by atoms with van der Waals surface area (Å²) < 4.78 is 4.22. The van der Waals surface area contributed by atoms with Gasteiger partial charge < -0.3 is 14.3 Å². The fourth-order valence-electron chi connectivity index (χ4n) is 0.115. The van der Waals surface area contributed by atoms with E-state index in [9.17, 15) is 0 Å². The number of hydrogen-bond acceptors (Lipinski definition) is 4. The van der Waals surface area contributed by atoms with Gasteiger partial charge in [0.25, 0.3) is 0 Å². The highest BCUT2D eigenvalue weighted by molar-refractivity contribution is 7.39. The largest absolute Gasteiger partial charge is 0.328 e. The molecule has 0 saturated heterocycles. The molecule has 0 aromatic rings. The molecule has 0 aromatic heterocycles. The molecule has 0 saturated carbocycles. The van der Waals surface area contributed by atoms with Gasteiger partial charge in [0.05, 0.1) is 6.61 Å². The zero-order chi connectivity index (χ0) is 7.70. The van der Waals surface area contributed by atoms with Crippen molar-refractivity contribution in [3.05, 3.63) is 0 Å². The van der Waals surface area contributed by atoms with Gasteiger partial charge in [-0.3, -0.25) is 0 Å². The van der Waals surface area contributed by atoms with E-state index < -0.39 is 8.60 Å². The maximum absolute atomic E-state index is 7.95. The molecule has 0 aliphatic rings. The summed E-state index contributed by atoms with van der Waals surface area (Å²) in [5.41, 5.74) is 0. The molecule has 2 N–H and O–H groups in total. The minimum Gasteiger partial charge on any atom is -0.328 e. The molecule has 0 atom stereocenters. The summed E-state index contributed by atoms with van der Waals surface area (Å²) in [6, 6.07) is 0. The average molecular weight is 147 g/mol. The van der Waals surface area contributed by atoms with Crippen molar-refractivity contribution in [2.75, 3.05) is 6.61 Å². The zero-order valence-electron chi connectivity index (χ0n) is 4.98. The first kappa shape index (κ1) is 11.6. The molecule has 0 unspecified atom stereocenters. The highest BCUT2D eigenvalue weighted by Gasteiger charge is 1.91. The van der Waals surface area contributed by atoms with Crippen LogP contribution in [0.5, 0.6) is 0 Å². The standard InChI is InChI=1S/C2H7O3P.CBN/c1-2-5-6(3)4;2-1-3/h3-4H,2H2,1H3;. The van der Waals surface area contributed by atoms with E-state index in [1.807, 2.05) is 0 Å². The summed E-state index contributed by atoms with van der Waals surface area (Å²) in [4.78, 5) is 15.9. The van der Waals surface area contributed by atoms with Crippen molar-refractivity contribution in [3.63, 3.8) is 0 Å². The minimum absolute atomic E-state index is 0.360. The normalized spacial score (nSPS) is 7.44. The molecule has 4 nitrogen and oxygen atoms in total. The van der Waals surface area contributed by atoms with Crippen LogP contribution in [0.1, 0.15) is 6.92 Å². The molecule has 0 fully saturated rings. The lowest BCUT2D eigenvalue weighted by Crippen LogP contribution is -1.78. The molecular formula is C3H7BNO3P. The summed E-state index contributed by atoms with van der Waals surface area (Å²) in [7, 11) is 2.05. The van der Waals surface area contributed by atoms with E-state index in [-0.39, 0.29) is 0 Å². The van der Waals surface area contributed by atoms with Crippen LogP contribution in [0.2, 0.25) is 0 Å². The van der Waals surface area contributed by atoms with Crippen LogP contribution in [0.15, 0.2) is 0 Å². The van der Waals surface area contributed by atoms with Crippen LogP contribution in [0.3, 0.4) is 0 Å². The molecule has 0 heterocycles. The molecular weight excluding hydrogens is 140 g/mol. The quantitative estimate of drug-likeness (QED) is 0.421. The van der Waals surface area contributed by atoms with Crippen molar-refractivity contribution in [1.29, 1.82) is 5.26 Å². The van der Waals surface area contributed by atoms with Gasteiger partial charge in [-0.2, -0.15) is 0 Å². The van der Waals surface area contributed by atoms with Gasteiger partial charge in [-0.25, -0.2) is 5.26 Å². The Labute approximate surface area is 56.5 Å². The van der Waals surface area contributed by atoms with Crippen LogP contribution in [-0.2, 0) is 4.52 Å². The Bertz CT molecular complexity index is 83.6. The number of nitrogens with zero attached hydrogens (tertiary/aromatic N) is 1. The fourth-order valence-corrected chi connectivity index (χ4v) is 0.346. The summed E-state index contributed by atoms with van der Waals surface area (Å²) in [6.07, 6.45) is 0. The van der Waals surface area contributed by atoms with Crippen LogP contribution in [0, 0.1) is 11.2 Å². The van der Waals surface area contributed by atoms with Crippen LogP contribution in [0.4, 0.5) is 0 Å². The van der Waals surface area contributed by atoms with Crippen LogP contribution < -0.4 is 0 Å². The smallest absolute Gasteiger partial charge is 0.327 e. The van der Waals surface area contributed by atoms with Gasteiger partial charge in [0.2, 0.25) is 7.85 Å². The number of nitriles is 1. The molecule has 0 amide bonds. The second-order valence-electron chi connectivity index (χ2n) is 0.800. The highest BCUT2D eigenvalue weighted by atomic mass is 31.2. The Morgan fingerprint density at radius 2 is 2.11 bits per heavy atom. The molecule has 2 radical (unpaired) electrons. The lowest BCUT2D eigenvalue weighted by atomic mass is 10.2. The van der Waals surface area contributed by atoms with Crippen molar-refractivity contribution < 1.29 is 14.3 Å². The van der Waals surface area contributed by atoms with E-state index in [0.29, 0.717) is 6.61 Å². The summed E-state index contributed by atoms with van der Waals surface area (Å²) in [6.45, 7) is 2.06. The van der Waals surface area contributed by atoms with Gasteiger partial charge in [0, 0.05) is 0 Å². The molecule has 0 aliphatic heterocycles. The van der Waals surface area contributed by atoms with E-state index in [1.165, 1.54) is 5.97 Å². The van der Waals surface area contributed by atoms with Gasteiger partial charge in [0.15, 0.2) is 0 Å².